The number of thiophene rings is 1. The summed E-state index contributed by atoms with van der Waals surface area (Å²) in [5, 5.41) is 11.6. The zero-order valence-electron chi connectivity index (χ0n) is 11.4. The minimum absolute atomic E-state index is 0.257. The van der Waals surface area contributed by atoms with Crippen LogP contribution in [0.5, 0.6) is 5.75 Å². The summed E-state index contributed by atoms with van der Waals surface area (Å²) in [7, 11) is 0. The Morgan fingerprint density at radius 2 is 1.77 bits per heavy atom. The minimum Gasteiger partial charge on any atom is -0.508 e. The molecule has 4 rings (SSSR count). The summed E-state index contributed by atoms with van der Waals surface area (Å²) < 4.78 is 3.15. The average Bonchev–Trinajstić information content (AvgIpc) is 3.11. The molecule has 2 heterocycles. The number of fused-ring (bicyclic) bond motifs is 1. The first-order valence-corrected chi connectivity index (χ1v) is 8.41. The number of aromatic hydroxyl groups is 1. The van der Waals surface area contributed by atoms with E-state index in [0.29, 0.717) is 0 Å². The van der Waals surface area contributed by atoms with E-state index in [4.69, 9.17) is 4.98 Å². The molecule has 4 aromatic rings. The van der Waals surface area contributed by atoms with E-state index in [1.165, 1.54) is 0 Å². The number of phenols is 1. The molecule has 0 saturated heterocycles. The molecular formula is C17H11BrN2OS. The second-order valence-corrected chi connectivity index (χ2v) is 6.64. The van der Waals surface area contributed by atoms with Gasteiger partial charge in [0.25, 0.3) is 0 Å². The SMILES string of the molecule is Oc1ccc(-n2c(-c3sccc3Br)nc3ccccc32)cc1. The Labute approximate surface area is 139 Å². The Morgan fingerprint density at radius 3 is 2.50 bits per heavy atom. The molecule has 3 nitrogen and oxygen atoms in total. The molecule has 2 aromatic heterocycles. The summed E-state index contributed by atoms with van der Waals surface area (Å²) in [6, 6.07) is 17.3. The van der Waals surface area contributed by atoms with Crippen LogP contribution in [-0.2, 0) is 0 Å². The predicted molar refractivity (Wildman–Crippen MR) is 93.7 cm³/mol. The molecule has 0 unspecified atom stereocenters. The Balaban J connectivity index is 2.06. The number of para-hydroxylation sites is 2. The Morgan fingerprint density at radius 1 is 1.00 bits per heavy atom. The lowest BCUT2D eigenvalue weighted by Crippen LogP contribution is -1.96. The maximum absolute atomic E-state index is 9.53. The van der Waals surface area contributed by atoms with Crippen molar-refractivity contribution in [1.29, 1.82) is 0 Å². The zero-order chi connectivity index (χ0) is 15.1. The third-order valence-corrected chi connectivity index (χ3v) is 5.32. The van der Waals surface area contributed by atoms with E-state index in [1.807, 2.05) is 41.8 Å². The molecule has 0 radical (unpaired) electrons. The van der Waals surface area contributed by atoms with Crippen molar-refractivity contribution in [2.75, 3.05) is 0 Å². The number of hydrogen-bond donors (Lipinski definition) is 1. The molecule has 2 aromatic carbocycles. The van der Waals surface area contributed by atoms with Crippen LogP contribution in [0.25, 0.3) is 27.4 Å². The second kappa shape index (κ2) is 5.26. The van der Waals surface area contributed by atoms with Gasteiger partial charge in [0.05, 0.1) is 15.9 Å². The number of imidazole rings is 1. The van der Waals surface area contributed by atoms with Gasteiger partial charge in [-0.25, -0.2) is 4.98 Å². The number of phenolic OH excluding ortho intramolecular Hbond substituents is 1. The van der Waals surface area contributed by atoms with Gasteiger partial charge in [-0.15, -0.1) is 11.3 Å². The van der Waals surface area contributed by atoms with Crippen LogP contribution in [0.2, 0.25) is 0 Å². The fourth-order valence-corrected chi connectivity index (χ4v) is 4.02. The van der Waals surface area contributed by atoms with E-state index >= 15 is 0 Å². The smallest absolute Gasteiger partial charge is 0.156 e. The predicted octanol–water partition coefficient (Wildman–Crippen LogP) is 5.22. The summed E-state index contributed by atoms with van der Waals surface area (Å²) in [5.41, 5.74) is 2.97. The van der Waals surface area contributed by atoms with Crippen LogP contribution in [0.3, 0.4) is 0 Å². The summed E-state index contributed by atoms with van der Waals surface area (Å²) in [6.07, 6.45) is 0. The molecule has 22 heavy (non-hydrogen) atoms. The van der Waals surface area contributed by atoms with Crippen LogP contribution in [0, 0.1) is 0 Å². The topological polar surface area (TPSA) is 38.0 Å². The Kier molecular flexibility index (Phi) is 3.24. The quantitative estimate of drug-likeness (QED) is 0.525. The van der Waals surface area contributed by atoms with Gasteiger partial charge >= 0.3 is 0 Å². The van der Waals surface area contributed by atoms with Crippen molar-refractivity contribution >= 4 is 38.3 Å². The molecular weight excluding hydrogens is 360 g/mol. The third-order valence-electron chi connectivity index (χ3n) is 3.49. The van der Waals surface area contributed by atoms with E-state index in [-0.39, 0.29) is 5.75 Å². The molecule has 1 N–H and O–H groups in total. The van der Waals surface area contributed by atoms with Gasteiger partial charge < -0.3 is 5.11 Å². The van der Waals surface area contributed by atoms with E-state index in [1.54, 1.807) is 23.5 Å². The first-order chi connectivity index (χ1) is 10.7. The summed E-state index contributed by atoms with van der Waals surface area (Å²) in [4.78, 5) is 5.88. The van der Waals surface area contributed by atoms with Crippen LogP contribution >= 0.6 is 27.3 Å². The molecule has 0 aliphatic carbocycles. The molecule has 0 spiro atoms. The molecule has 0 fully saturated rings. The largest absolute Gasteiger partial charge is 0.508 e. The van der Waals surface area contributed by atoms with Gasteiger partial charge in [0.15, 0.2) is 5.82 Å². The van der Waals surface area contributed by atoms with Crippen LogP contribution in [-0.4, -0.2) is 14.7 Å². The first kappa shape index (κ1) is 13.5. The number of benzene rings is 2. The van der Waals surface area contributed by atoms with Crippen molar-refractivity contribution in [3.8, 4) is 22.1 Å². The van der Waals surface area contributed by atoms with E-state index in [9.17, 15) is 5.11 Å². The highest BCUT2D eigenvalue weighted by Crippen LogP contribution is 2.36. The van der Waals surface area contributed by atoms with Crippen molar-refractivity contribution in [1.82, 2.24) is 9.55 Å². The van der Waals surface area contributed by atoms with E-state index < -0.39 is 0 Å². The van der Waals surface area contributed by atoms with Gasteiger partial charge in [-0.2, -0.15) is 0 Å². The number of rotatable bonds is 2. The van der Waals surface area contributed by atoms with Gasteiger partial charge in [0, 0.05) is 10.2 Å². The Hall–Kier alpha value is -2.11. The van der Waals surface area contributed by atoms with Crippen molar-refractivity contribution in [3.05, 3.63) is 64.5 Å². The number of nitrogens with zero attached hydrogens (tertiary/aromatic N) is 2. The fourth-order valence-electron chi connectivity index (χ4n) is 2.49. The highest BCUT2D eigenvalue weighted by atomic mass is 79.9. The maximum Gasteiger partial charge on any atom is 0.156 e. The molecule has 0 atom stereocenters. The van der Waals surface area contributed by atoms with Crippen molar-refractivity contribution in [2.45, 2.75) is 0 Å². The van der Waals surface area contributed by atoms with Crippen molar-refractivity contribution < 1.29 is 5.11 Å². The van der Waals surface area contributed by atoms with Crippen LogP contribution in [0.1, 0.15) is 0 Å². The standard InChI is InChI=1S/C17H11BrN2OS/c18-13-9-10-22-16(13)17-19-14-3-1-2-4-15(14)20(17)11-5-7-12(21)8-6-11/h1-10,21H. The third kappa shape index (κ3) is 2.14. The van der Waals surface area contributed by atoms with Gasteiger partial charge in [-0.1, -0.05) is 12.1 Å². The van der Waals surface area contributed by atoms with Crippen molar-refractivity contribution in [2.24, 2.45) is 0 Å². The minimum atomic E-state index is 0.257. The van der Waals surface area contributed by atoms with Gasteiger partial charge in [0.2, 0.25) is 0 Å². The molecule has 5 heteroatoms. The fraction of sp³-hybridized carbons (Fsp3) is 0. The molecule has 108 valence electrons. The average molecular weight is 371 g/mol. The molecule has 0 bridgehead atoms. The Bertz CT molecular complexity index is 956. The molecule has 0 saturated carbocycles. The summed E-state index contributed by atoms with van der Waals surface area (Å²) in [5.74, 6) is 1.15. The first-order valence-electron chi connectivity index (χ1n) is 6.74. The van der Waals surface area contributed by atoms with Gasteiger partial charge in [0.1, 0.15) is 5.75 Å². The van der Waals surface area contributed by atoms with E-state index in [0.717, 1.165) is 31.9 Å². The second-order valence-electron chi connectivity index (χ2n) is 4.87. The van der Waals surface area contributed by atoms with Crippen LogP contribution < -0.4 is 0 Å². The monoisotopic (exact) mass is 370 g/mol. The zero-order valence-corrected chi connectivity index (χ0v) is 13.8. The summed E-state index contributed by atoms with van der Waals surface area (Å²) >= 11 is 5.25. The van der Waals surface area contributed by atoms with E-state index in [2.05, 4.69) is 26.6 Å². The highest BCUT2D eigenvalue weighted by molar-refractivity contribution is 9.10. The number of aromatic nitrogens is 2. The maximum atomic E-state index is 9.53. The molecule has 0 amide bonds. The van der Waals surface area contributed by atoms with Gasteiger partial charge in [-0.3, -0.25) is 4.57 Å². The lowest BCUT2D eigenvalue weighted by Gasteiger charge is -2.09. The lowest BCUT2D eigenvalue weighted by atomic mass is 10.2. The molecule has 0 aliphatic rings. The van der Waals surface area contributed by atoms with Crippen molar-refractivity contribution in [3.63, 3.8) is 0 Å². The molecule has 0 aliphatic heterocycles. The highest BCUT2D eigenvalue weighted by Gasteiger charge is 2.17. The van der Waals surface area contributed by atoms with Crippen LogP contribution in [0.15, 0.2) is 64.5 Å². The number of hydrogen-bond acceptors (Lipinski definition) is 3. The normalized spacial score (nSPS) is 11.1. The lowest BCUT2D eigenvalue weighted by molar-refractivity contribution is 0.475. The van der Waals surface area contributed by atoms with Gasteiger partial charge in [-0.05, 0) is 63.8 Å². The summed E-state index contributed by atoms with van der Waals surface area (Å²) in [6.45, 7) is 0. The number of halogens is 1. The van der Waals surface area contributed by atoms with Crippen LogP contribution in [0.4, 0.5) is 0 Å².